The van der Waals surface area contributed by atoms with E-state index in [1.807, 2.05) is 24.3 Å². The van der Waals surface area contributed by atoms with Crippen molar-refractivity contribution in [1.29, 1.82) is 0 Å². The van der Waals surface area contributed by atoms with Crippen LogP contribution in [0.25, 0.3) is 0 Å². The molecule has 0 bridgehead atoms. The SMILES string of the molecule is COCCCNC(=O)c1ccc(C[NH+]2CCOCC2)cc1. The average molecular weight is 293 g/mol. The minimum absolute atomic E-state index is 0.0172. The molecule has 0 atom stereocenters. The lowest BCUT2D eigenvalue weighted by Gasteiger charge is -2.23. The molecule has 1 saturated heterocycles. The van der Waals surface area contributed by atoms with Crippen molar-refractivity contribution in [2.24, 2.45) is 0 Å². The van der Waals surface area contributed by atoms with Crippen molar-refractivity contribution in [2.75, 3.05) is 46.6 Å². The molecule has 116 valence electrons. The van der Waals surface area contributed by atoms with Crippen LogP contribution in [-0.2, 0) is 16.0 Å². The Hall–Kier alpha value is -1.43. The predicted molar refractivity (Wildman–Crippen MR) is 80.5 cm³/mol. The Morgan fingerprint density at radius 2 is 2.00 bits per heavy atom. The molecule has 5 heteroatoms. The number of carbonyl (C=O) groups is 1. The highest BCUT2D eigenvalue weighted by molar-refractivity contribution is 5.94. The Balaban J connectivity index is 1.79. The van der Waals surface area contributed by atoms with Gasteiger partial charge >= 0.3 is 0 Å². The van der Waals surface area contributed by atoms with Gasteiger partial charge in [-0.3, -0.25) is 4.79 Å². The number of quaternary nitrogens is 1. The van der Waals surface area contributed by atoms with Gasteiger partial charge in [-0.05, 0) is 18.6 Å². The minimum atomic E-state index is -0.0172. The van der Waals surface area contributed by atoms with Crippen LogP contribution in [0.1, 0.15) is 22.3 Å². The zero-order chi connectivity index (χ0) is 14.9. The first-order chi connectivity index (χ1) is 10.3. The van der Waals surface area contributed by atoms with E-state index >= 15 is 0 Å². The molecule has 0 aromatic heterocycles. The topological polar surface area (TPSA) is 52.0 Å². The van der Waals surface area contributed by atoms with Gasteiger partial charge in [0.15, 0.2) is 0 Å². The highest BCUT2D eigenvalue weighted by atomic mass is 16.5. The Morgan fingerprint density at radius 1 is 1.29 bits per heavy atom. The lowest BCUT2D eigenvalue weighted by molar-refractivity contribution is -0.921. The summed E-state index contributed by atoms with van der Waals surface area (Å²) in [5.41, 5.74) is 1.98. The number of ether oxygens (including phenoxy) is 2. The van der Waals surface area contributed by atoms with E-state index in [-0.39, 0.29) is 5.91 Å². The molecule has 1 amide bonds. The van der Waals surface area contributed by atoms with E-state index in [9.17, 15) is 4.79 Å². The van der Waals surface area contributed by atoms with E-state index in [0.717, 1.165) is 39.3 Å². The largest absolute Gasteiger partial charge is 0.385 e. The molecule has 0 unspecified atom stereocenters. The third-order valence-electron chi connectivity index (χ3n) is 3.68. The fraction of sp³-hybridized carbons (Fsp3) is 0.562. The maximum Gasteiger partial charge on any atom is 0.251 e. The number of amides is 1. The molecule has 1 aliphatic heterocycles. The standard InChI is InChI=1S/C16H24N2O3/c1-20-10-2-7-17-16(19)15-5-3-14(4-6-15)13-18-8-11-21-12-9-18/h3-6H,2,7-13H2,1H3,(H,17,19)/p+1. The molecule has 2 rings (SSSR count). The van der Waals surface area contributed by atoms with Gasteiger partial charge in [-0.2, -0.15) is 0 Å². The number of carbonyl (C=O) groups excluding carboxylic acids is 1. The molecule has 0 radical (unpaired) electrons. The highest BCUT2D eigenvalue weighted by Gasteiger charge is 2.14. The quantitative estimate of drug-likeness (QED) is 0.689. The van der Waals surface area contributed by atoms with Crippen molar-refractivity contribution in [3.8, 4) is 0 Å². The van der Waals surface area contributed by atoms with Crippen LogP contribution in [0.3, 0.4) is 0 Å². The Bertz CT molecular complexity index is 428. The van der Waals surface area contributed by atoms with E-state index in [1.54, 1.807) is 7.11 Å². The van der Waals surface area contributed by atoms with Gasteiger partial charge < -0.3 is 19.7 Å². The first kappa shape index (κ1) is 15.9. The molecule has 5 nitrogen and oxygen atoms in total. The van der Waals surface area contributed by atoms with E-state index in [2.05, 4.69) is 5.32 Å². The fourth-order valence-electron chi connectivity index (χ4n) is 2.42. The van der Waals surface area contributed by atoms with Crippen molar-refractivity contribution in [1.82, 2.24) is 5.32 Å². The summed E-state index contributed by atoms with van der Waals surface area (Å²) in [4.78, 5) is 13.5. The number of hydrogen-bond acceptors (Lipinski definition) is 3. The van der Waals surface area contributed by atoms with Gasteiger partial charge in [0.1, 0.15) is 19.6 Å². The van der Waals surface area contributed by atoms with Gasteiger partial charge in [0, 0.05) is 31.4 Å². The number of benzene rings is 1. The lowest BCUT2D eigenvalue weighted by atomic mass is 10.1. The second-order valence-corrected chi connectivity index (χ2v) is 5.34. The van der Waals surface area contributed by atoms with E-state index in [4.69, 9.17) is 9.47 Å². The predicted octanol–water partition coefficient (Wildman–Crippen LogP) is -0.132. The first-order valence-electron chi connectivity index (χ1n) is 7.57. The molecular weight excluding hydrogens is 268 g/mol. The molecule has 1 aromatic carbocycles. The summed E-state index contributed by atoms with van der Waals surface area (Å²) in [6.45, 7) is 6.12. The average Bonchev–Trinajstić information content (AvgIpc) is 2.53. The van der Waals surface area contributed by atoms with Crippen molar-refractivity contribution in [2.45, 2.75) is 13.0 Å². The van der Waals surface area contributed by atoms with Crippen LogP contribution in [-0.4, -0.2) is 52.5 Å². The van der Waals surface area contributed by atoms with Gasteiger partial charge in [0.2, 0.25) is 0 Å². The van der Waals surface area contributed by atoms with Crippen LogP contribution in [0.15, 0.2) is 24.3 Å². The van der Waals surface area contributed by atoms with E-state index < -0.39 is 0 Å². The van der Waals surface area contributed by atoms with Crippen LogP contribution in [0.4, 0.5) is 0 Å². The number of methoxy groups -OCH3 is 1. The van der Waals surface area contributed by atoms with Crippen molar-refractivity contribution in [3.63, 3.8) is 0 Å². The van der Waals surface area contributed by atoms with Crippen LogP contribution in [0, 0.1) is 0 Å². The van der Waals surface area contributed by atoms with Gasteiger partial charge in [0.05, 0.1) is 13.2 Å². The zero-order valence-electron chi connectivity index (χ0n) is 12.7. The molecule has 0 spiro atoms. The summed E-state index contributed by atoms with van der Waals surface area (Å²) < 4.78 is 10.3. The molecular formula is C16H25N2O3+. The van der Waals surface area contributed by atoms with Crippen molar-refractivity contribution >= 4 is 5.91 Å². The lowest BCUT2D eigenvalue weighted by Crippen LogP contribution is -3.12. The second-order valence-electron chi connectivity index (χ2n) is 5.34. The summed E-state index contributed by atoms with van der Waals surface area (Å²) in [5, 5.41) is 2.89. The third-order valence-corrected chi connectivity index (χ3v) is 3.68. The summed E-state index contributed by atoms with van der Waals surface area (Å²) >= 11 is 0. The van der Waals surface area contributed by atoms with Crippen LogP contribution >= 0.6 is 0 Å². The number of hydrogen-bond donors (Lipinski definition) is 2. The summed E-state index contributed by atoms with van der Waals surface area (Å²) in [6, 6.07) is 7.90. The Kier molecular flexibility index (Phi) is 6.66. The minimum Gasteiger partial charge on any atom is -0.385 e. The van der Waals surface area contributed by atoms with Crippen LogP contribution in [0.2, 0.25) is 0 Å². The second kappa shape index (κ2) is 8.77. The van der Waals surface area contributed by atoms with Gasteiger partial charge in [0.25, 0.3) is 5.91 Å². The summed E-state index contributed by atoms with van der Waals surface area (Å²) in [5.74, 6) is -0.0172. The van der Waals surface area contributed by atoms with Crippen molar-refractivity contribution < 1.29 is 19.2 Å². The highest BCUT2D eigenvalue weighted by Crippen LogP contribution is 2.03. The smallest absolute Gasteiger partial charge is 0.251 e. The molecule has 21 heavy (non-hydrogen) atoms. The van der Waals surface area contributed by atoms with E-state index in [0.29, 0.717) is 18.7 Å². The van der Waals surface area contributed by atoms with Crippen molar-refractivity contribution in [3.05, 3.63) is 35.4 Å². The molecule has 1 fully saturated rings. The number of rotatable bonds is 7. The fourth-order valence-corrected chi connectivity index (χ4v) is 2.42. The summed E-state index contributed by atoms with van der Waals surface area (Å²) in [6.07, 6.45) is 0.834. The number of morpholine rings is 1. The normalized spacial score (nSPS) is 15.9. The number of nitrogens with one attached hydrogen (secondary N) is 2. The maximum absolute atomic E-state index is 11.9. The van der Waals surface area contributed by atoms with Gasteiger partial charge in [-0.1, -0.05) is 12.1 Å². The molecule has 1 aromatic rings. The van der Waals surface area contributed by atoms with Crippen LogP contribution in [0.5, 0.6) is 0 Å². The van der Waals surface area contributed by atoms with Crippen LogP contribution < -0.4 is 10.2 Å². The molecule has 0 aliphatic carbocycles. The van der Waals surface area contributed by atoms with Gasteiger partial charge in [-0.15, -0.1) is 0 Å². The third kappa shape index (κ3) is 5.46. The zero-order valence-corrected chi connectivity index (χ0v) is 12.7. The Labute approximate surface area is 126 Å². The van der Waals surface area contributed by atoms with E-state index in [1.165, 1.54) is 10.5 Å². The summed E-state index contributed by atoms with van der Waals surface area (Å²) in [7, 11) is 1.66. The monoisotopic (exact) mass is 293 g/mol. The molecule has 1 aliphatic rings. The Morgan fingerprint density at radius 3 is 2.67 bits per heavy atom. The van der Waals surface area contributed by atoms with Gasteiger partial charge in [-0.25, -0.2) is 0 Å². The first-order valence-corrected chi connectivity index (χ1v) is 7.57. The molecule has 0 saturated carbocycles. The molecule has 1 heterocycles. The maximum atomic E-state index is 11.9. The molecule has 2 N–H and O–H groups in total.